The summed E-state index contributed by atoms with van der Waals surface area (Å²) in [6.07, 6.45) is 2.39. The van der Waals surface area contributed by atoms with Gasteiger partial charge in [0.25, 0.3) is 0 Å². The van der Waals surface area contributed by atoms with Crippen molar-refractivity contribution < 1.29 is 9.59 Å². The van der Waals surface area contributed by atoms with E-state index >= 15 is 0 Å². The van der Waals surface area contributed by atoms with E-state index in [1.54, 1.807) is 13.8 Å². The molecule has 0 radical (unpaired) electrons. The first-order valence-electron chi connectivity index (χ1n) is 5.45. The Kier molecular flexibility index (Phi) is 6.93. The van der Waals surface area contributed by atoms with Crippen molar-refractivity contribution in [3.8, 4) is 6.07 Å². The number of nitriles is 1. The molecule has 0 aliphatic carbocycles. The smallest absolute Gasteiger partial charge is 0.239 e. The lowest BCUT2D eigenvalue weighted by Crippen LogP contribution is -2.45. The van der Waals surface area contributed by atoms with Gasteiger partial charge >= 0.3 is 0 Å². The van der Waals surface area contributed by atoms with Gasteiger partial charge in [-0.1, -0.05) is 13.8 Å². The summed E-state index contributed by atoms with van der Waals surface area (Å²) in [4.78, 5) is 22.4. The molecule has 0 bridgehead atoms. The minimum absolute atomic E-state index is 0.166. The number of rotatable bonds is 7. The molecule has 0 aromatic heterocycles. The highest BCUT2D eigenvalue weighted by Crippen LogP contribution is 2.04. The Balaban J connectivity index is 4.04. The van der Waals surface area contributed by atoms with Crippen LogP contribution in [0.2, 0.25) is 0 Å². The number of unbranched alkanes of at least 4 members (excludes halogenated alkanes) is 2. The lowest BCUT2D eigenvalue weighted by molar-refractivity contribution is -0.129. The van der Waals surface area contributed by atoms with E-state index < -0.39 is 11.9 Å². The van der Waals surface area contributed by atoms with Gasteiger partial charge < -0.3 is 11.1 Å². The molecule has 0 fully saturated rings. The number of hydrogen-bond acceptors (Lipinski definition) is 3. The average molecular weight is 225 g/mol. The zero-order valence-corrected chi connectivity index (χ0v) is 9.82. The van der Waals surface area contributed by atoms with Crippen molar-refractivity contribution in [1.29, 1.82) is 5.26 Å². The summed E-state index contributed by atoms with van der Waals surface area (Å²) < 4.78 is 0. The standard InChI is InChI=1S/C11H19N3O2/c1-8(2)11(16)14-9(10(13)15)6-4-3-5-7-12/h8-9H,3-6H2,1-2H3,(H2,13,15)(H,14,16)/t9-/m0/s1. The first-order chi connectivity index (χ1) is 7.49. The van der Waals surface area contributed by atoms with Crippen molar-refractivity contribution in [2.45, 2.75) is 45.6 Å². The highest BCUT2D eigenvalue weighted by atomic mass is 16.2. The topological polar surface area (TPSA) is 96.0 Å². The molecule has 16 heavy (non-hydrogen) atoms. The van der Waals surface area contributed by atoms with E-state index in [1.807, 2.05) is 6.07 Å². The van der Waals surface area contributed by atoms with Crippen LogP contribution in [-0.2, 0) is 9.59 Å². The van der Waals surface area contributed by atoms with Gasteiger partial charge in [-0.3, -0.25) is 9.59 Å². The van der Waals surface area contributed by atoms with Gasteiger partial charge in [0, 0.05) is 12.3 Å². The molecule has 5 heteroatoms. The minimum atomic E-state index is -0.617. The van der Waals surface area contributed by atoms with E-state index in [9.17, 15) is 9.59 Å². The molecule has 0 aliphatic heterocycles. The van der Waals surface area contributed by atoms with Gasteiger partial charge in [-0.2, -0.15) is 5.26 Å². The second-order valence-corrected chi connectivity index (χ2v) is 4.02. The highest BCUT2D eigenvalue weighted by molar-refractivity contribution is 5.87. The second kappa shape index (κ2) is 7.69. The summed E-state index contributed by atoms with van der Waals surface area (Å²) in [6, 6.07) is 1.41. The molecule has 0 aliphatic rings. The van der Waals surface area contributed by atoms with Crippen molar-refractivity contribution in [2.75, 3.05) is 0 Å². The summed E-state index contributed by atoms with van der Waals surface area (Å²) >= 11 is 0. The number of hydrogen-bond donors (Lipinski definition) is 2. The average Bonchev–Trinajstić information content (AvgIpc) is 2.21. The molecule has 0 saturated heterocycles. The molecule has 1 atom stereocenters. The Morgan fingerprint density at radius 3 is 2.44 bits per heavy atom. The number of amides is 2. The maximum absolute atomic E-state index is 11.4. The number of nitrogens with zero attached hydrogens (tertiary/aromatic N) is 1. The van der Waals surface area contributed by atoms with Gasteiger partial charge in [0.05, 0.1) is 6.07 Å². The maximum Gasteiger partial charge on any atom is 0.239 e. The minimum Gasteiger partial charge on any atom is -0.368 e. The molecule has 3 N–H and O–H groups in total. The summed E-state index contributed by atoms with van der Waals surface area (Å²) in [6.45, 7) is 3.51. The first-order valence-corrected chi connectivity index (χ1v) is 5.45. The fraction of sp³-hybridized carbons (Fsp3) is 0.727. The van der Waals surface area contributed by atoms with E-state index in [1.165, 1.54) is 0 Å². The monoisotopic (exact) mass is 225 g/mol. The Bertz CT molecular complexity index is 281. The van der Waals surface area contributed by atoms with E-state index in [-0.39, 0.29) is 11.8 Å². The first kappa shape index (κ1) is 14.4. The fourth-order valence-electron chi connectivity index (χ4n) is 1.18. The van der Waals surface area contributed by atoms with Crippen LogP contribution in [0.3, 0.4) is 0 Å². The Labute approximate surface area is 96.0 Å². The Morgan fingerprint density at radius 1 is 1.38 bits per heavy atom. The molecule has 0 aromatic rings. The van der Waals surface area contributed by atoms with Crippen LogP contribution in [-0.4, -0.2) is 17.9 Å². The Morgan fingerprint density at radius 2 is 2.00 bits per heavy atom. The molecular weight excluding hydrogens is 206 g/mol. The summed E-state index contributed by atoms with van der Waals surface area (Å²) in [5, 5.41) is 10.9. The molecule has 90 valence electrons. The number of carbonyl (C=O) groups is 2. The molecule has 0 heterocycles. The number of nitrogens with one attached hydrogen (secondary N) is 1. The highest BCUT2D eigenvalue weighted by Gasteiger charge is 2.18. The van der Waals surface area contributed by atoms with Crippen molar-refractivity contribution in [1.82, 2.24) is 5.32 Å². The van der Waals surface area contributed by atoms with Crippen LogP contribution >= 0.6 is 0 Å². The second-order valence-electron chi connectivity index (χ2n) is 4.02. The number of carbonyl (C=O) groups excluding carboxylic acids is 2. The predicted octanol–water partition coefficient (Wildman–Crippen LogP) is 0.696. The van der Waals surface area contributed by atoms with Crippen LogP contribution in [0.15, 0.2) is 0 Å². The van der Waals surface area contributed by atoms with Crippen LogP contribution in [0.1, 0.15) is 39.5 Å². The molecule has 0 spiro atoms. The normalized spacial score (nSPS) is 11.9. The van der Waals surface area contributed by atoms with Crippen molar-refractivity contribution >= 4 is 11.8 Å². The molecule has 5 nitrogen and oxygen atoms in total. The zero-order chi connectivity index (χ0) is 12.6. The van der Waals surface area contributed by atoms with Gasteiger partial charge in [0.15, 0.2) is 0 Å². The summed E-state index contributed by atoms with van der Waals surface area (Å²) in [7, 11) is 0. The van der Waals surface area contributed by atoms with Gasteiger partial charge in [-0.05, 0) is 19.3 Å². The maximum atomic E-state index is 11.4. The summed E-state index contributed by atoms with van der Waals surface area (Å²) in [5.74, 6) is -0.865. The Hall–Kier alpha value is -1.57. The van der Waals surface area contributed by atoms with Crippen molar-refractivity contribution in [2.24, 2.45) is 11.7 Å². The zero-order valence-electron chi connectivity index (χ0n) is 9.82. The quantitative estimate of drug-likeness (QED) is 0.624. The van der Waals surface area contributed by atoms with Gasteiger partial charge in [0.1, 0.15) is 6.04 Å². The molecule has 2 amide bonds. The fourth-order valence-corrected chi connectivity index (χ4v) is 1.18. The molecule has 0 aromatic carbocycles. The molecular formula is C11H19N3O2. The SMILES string of the molecule is CC(C)C(=O)N[C@@H](CCCCC#N)C(N)=O. The van der Waals surface area contributed by atoms with Crippen LogP contribution < -0.4 is 11.1 Å². The number of primary amides is 1. The third kappa shape index (κ3) is 6.02. The third-order valence-electron chi connectivity index (χ3n) is 2.22. The molecule has 0 saturated carbocycles. The largest absolute Gasteiger partial charge is 0.368 e. The van der Waals surface area contributed by atoms with E-state index in [0.717, 1.165) is 6.42 Å². The number of nitrogens with two attached hydrogens (primary N) is 1. The summed E-state index contributed by atoms with van der Waals surface area (Å²) in [5.41, 5.74) is 5.18. The molecule has 0 unspecified atom stereocenters. The van der Waals surface area contributed by atoms with Gasteiger partial charge in [0.2, 0.25) is 11.8 Å². The van der Waals surface area contributed by atoms with E-state index in [2.05, 4.69) is 5.32 Å². The van der Waals surface area contributed by atoms with Crippen LogP contribution in [0, 0.1) is 17.2 Å². The van der Waals surface area contributed by atoms with Crippen LogP contribution in [0.4, 0.5) is 0 Å². The molecule has 0 rings (SSSR count). The van der Waals surface area contributed by atoms with E-state index in [4.69, 9.17) is 11.0 Å². The lowest BCUT2D eigenvalue weighted by Gasteiger charge is -2.16. The van der Waals surface area contributed by atoms with Gasteiger partial charge in [-0.15, -0.1) is 0 Å². The third-order valence-corrected chi connectivity index (χ3v) is 2.22. The van der Waals surface area contributed by atoms with Crippen molar-refractivity contribution in [3.05, 3.63) is 0 Å². The van der Waals surface area contributed by atoms with Crippen LogP contribution in [0.5, 0.6) is 0 Å². The van der Waals surface area contributed by atoms with E-state index in [0.29, 0.717) is 19.3 Å². The van der Waals surface area contributed by atoms with Crippen LogP contribution in [0.25, 0.3) is 0 Å². The van der Waals surface area contributed by atoms with Gasteiger partial charge in [-0.25, -0.2) is 0 Å². The van der Waals surface area contributed by atoms with Crippen molar-refractivity contribution in [3.63, 3.8) is 0 Å². The lowest BCUT2D eigenvalue weighted by atomic mass is 10.1. The predicted molar refractivity (Wildman–Crippen MR) is 60.0 cm³/mol.